The van der Waals surface area contributed by atoms with Crippen molar-refractivity contribution >= 4 is 27.4 Å². The number of anilines is 1. The van der Waals surface area contributed by atoms with Crippen LogP contribution in [-0.4, -0.2) is 16.5 Å². The second-order valence-corrected chi connectivity index (χ2v) is 5.08. The van der Waals surface area contributed by atoms with Crippen LogP contribution in [0.3, 0.4) is 0 Å². The molecular formula is C14H12FN3S. The number of aromatic nitrogens is 2. The van der Waals surface area contributed by atoms with Gasteiger partial charge in [0.1, 0.15) is 18.0 Å². The lowest BCUT2D eigenvalue weighted by molar-refractivity contribution is 0.627. The van der Waals surface area contributed by atoms with Gasteiger partial charge in [0.2, 0.25) is 0 Å². The van der Waals surface area contributed by atoms with Crippen LogP contribution in [0.25, 0.3) is 10.2 Å². The van der Waals surface area contributed by atoms with E-state index in [1.54, 1.807) is 29.8 Å². The first-order chi connectivity index (χ1) is 9.33. The van der Waals surface area contributed by atoms with Crippen LogP contribution in [-0.2, 0) is 6.42 Å². The van der Waals surface area contributed by atoms with E-state index in [4.69, 9.17) is 0 Å². The molecular weight excluding hydrogens is 261 g/mol. The summed E-state index contributed by atoms with van der Waals surface area (Å²) in [7, 11) is 0. The Labute approximate surface area is 114 Å². The fourth-order valence-corrected chi connectivity index (χ4v) is 2.70. The van der Waals surface area contributed by atoms with E-state index in [2.05, 4.69) is 15.3 Å². The summed E-state index contributed by atoms with van der Waals surface area (Å²) in [6, 6.07) is 8.55. The maximum absolute atomic E-state index is 12.8. The van der Waals surface area contributed by atoms with Crippen molar-refractivity contribution in [1.29, 1.82) is 0 Å². The van der Waals surface area contributed by atoms with E-state index >= 15 is 0 Å². The van der Waals surface area contributed by atoms with Gasteiger partial charge in [0.25, 0.3) is 0 Å². The lowest BCUT2D eigenvalue weighted by Gasteiger charge is -2.06. The largest absolute Gasteiger partial charge is 0.368 e. The first-order valence-corrected chi connectivity index (χ1v) is 6.87. The molecule has 0 bridgehead atoms. The Morgan fingerprint density at radius 2 is 1.95 bits per heavy atom. The zero-order valence-electron chi connectivity index (χ0n) is 10.1. The van der Waals surface area contributed by atoms with Crippen molar-refractivity contribution in [3.8, 4) is 0 Å². The van der Waals surface area contributed by atoms with Crippen LogP contribution < -0.4 is 5.32 Å². The standard InChI is InChI=1S/C14H12FN3S/c15-11-3-1-10(2-4-11)5-7-16-14-13-12(6-8-19-13)17-9-18-14/h1-4,6,8-9H,5,7H2,(H,16,17,18). The molecule has 0 spiro atoms. The van der Waals surface area contributed by atoms with Gasteiger partial charge in [-0.1, -0.05) is 12.1 Å². The van der Waals surface area contributed by atoms with Crippen LogP contribution in [0, 0.1) is 5.82 Å². The van der Waals surface area contributed by atoms with Crippen LogP contribution in [0.4, 0.5) is 10.2 Å². The molecule has 0 aliphatic carbocycles. The van der Waals surface area contributed by atoms with E-state index in [1.807, 2.05) is 11.4 Å². The SMILES string of the molecule is Fc1ccc(CCNc2ncnc3ccsc23)cc1. The lowest BCUT2D eigenvalue weighted by atomic mass is 10.1. The molecule has 3 aromatic rings. The molecule has 0 amide bonds. The van der Waals surface area contributed by atoms with Gasteiger partial charge in [0, 0.05) is 6.54 Å². The van der Waals surface area contributed by atoms with Gasteiger partial charge in [-0.15, -0.1) is 11.3 Å². The monoisotopic (exact) mass is 273 g/mol. The average molecular weight is 273 g/mol. The fourth-order valence-electron chi connectivity index (χ4n) is 1.89. The number of fused-ring (bicyclic) bond motifs is 1. The highest BCUT2D eigenvalue weighted by Crippen LogP contribution is 2.24. The molecule has 3 rings (SSSR count). The summed E-state index contributed by atoms with van der Waals surface area (Å²) in [5.41, 5.74) is 2.06. The van der Waals surface area contributed by atoms with Gasteiger partial charge in [-0.3, -0.25) is 0 Å². The number of rotatable bonds is 4. The zero-order valence-corrected chi connectivity index (χ0v) is 11.0. The zero-order chi connectivity index (χ0) is 13.1. The van der Waals surface area contributed by atoms with Gasteiger partial charge < -0.3 is 5.32 Å². The van der Waals surface area contributed by atoms with Crippen LogP contribution in [0.1, 0.15) is 5.56 Å². The molecule has 2 aromatic heterocycles. The summed E-state index contributed by atoms with van der Waals surface area (Å²) in [5.74, 6) is 0.662. The number of thiophene rings is 1. The summed E-state index contributed by atoms with van der Waals surface area (Å²) < 4.78 is 13.9. The van der Waals surface area contributed by atoms with E-state index < -0.39 is 0 Å². The molecule has 1 aromatic carbocycles. The normalized spacial score (nSPS) is 10.8. The second-order valence-electron chi connectivity index (χ2n) is 4.16. The number of benzene rings is 1. The fraction of sp³-hybridized carbons (Fsp3) is 0.143. The topological polar surface area (TPSA) is 37.8 Å². The molecule has 1 N–H and O–H groups in total. The van der Waals surface area contributed by atoms with Crippen LogP contribution in [0.2, 0.25) is 0 Å². The molecule has 0 atom stereocenters. The number of halogens is 1. The Morgan fingerprint density at radius 3 is 2.79 bits per heavy atom. The first-order valence-electron chi connectivity index (χ1n) is 5.99. The highest BCUT2D eigenvalue weighted by atomic mass is 32.1. The maximum Gasteiger partial charge on any atom is 0.147 e. The Kier molecular flexibility index (Phi) is 3.37. The number of hydrogen-bond acceptors (Lipinski definition) is 4. The minimum Gasteiger partial charge on any atom is -0.368 e. The number of hydrogen-bond donors (Lipinski definition) is 1. The van der Waals surface area contributed by atoms with E-state index in [-0.39, 0.29) is 5.82 Å². The average Bonchev–Trinajstić information content (AvgIpc) is 2.90. The molecule has 0 radical (unpaired) electrons. The third-order valence-corrected chi connectivity index (χ3v) is 3.77. The van der Waals surface area contributed by atoms with Crippen molar-refractivity contribution in [3.63, 3.8) is 0 Å². The number of nitrogens with zero attached hydrogens (tertiary/aromatic N) is 2. The number of nitrogens with one attached hydrogen (secondary N) is 1. The summed E-state index contributed by atoms with van der Waals surface area (Å²) in [5, 5.41) is 5.31. The van der Waals surface area contributed by atoms with Gasteiger partial charge in [0.15, 0.2) is 0 Å². The van der Waals surface area contributed by atoms with Crippen LogP contribution in [0.15, 0.2) is 42.0 Å². The smallest absolute Gasteiger partial charge is 0.147 e. The molecule has 2 heterocycles. The third kappa shape index (κ3) is 2.71. The molecule has 0 aliphatic heterocycles. The molecule has 0 unspecified atom stereocenters. The predicted octanol–water partition coefficient (Wildman–Crippen LogP) is 3.49. The lowest BCUT2D eigenvalue weighted by Crippen LogP contribution is -2.06. The molecule has 0 fully saturated rings. The highest BCUT2D eigenvalue weighted by molar-refractivity contribution is 7.17. The quantitative estimate of drug-likeness (QED) is 0.790. The Balaban J connectivity index is 1.66. The molecule has 96 valence electrons. The third-order valence-electron chi connectivity index (χ3n) is 2.86. The maximum atomic E-state index is 12.8. The van der Waals surface area contributed by atoms with Crippen molar-refractivity contribution < 1.29 is 4.39 Å². The minimum absolute atomic E-state index is 0.201. The Hall–Kier alpha value is -2.01. The van der Waals surface area contributed by atoms with Crippen molar-refractivity contribution in [3.05, 3.63) is 53.4 Å². The van der Waals surface area contributed by atoms with E-state index in [1.165, 1.54) is 12.1 Å². The van der Waals surface area contributed by atoms with Crippen molar-refractivity contribution in [1.82, 2.24) is 9.97 Å². The van der Waals surface area contributed by atoms with Gasteiger partial charge >= 0.3 is 0 Å². The summed E-state index contributed by atoms with van der Waals surface area (Å²) in [6.45, 7) is 0.760. The van der Waals surface area contributed by atoms with Gasteiger partial charge in [0.05, 0.1) is 10.2 Å². The van der Waals surface area contributed by atoms with Gasteiger partial charge in [-0.2, -0.15) is 0 Å². The molecule has 3 nitrogen and oxygen atoms in total. The van der Waals surface area contributed by atoms with Crippen LogP contribution in [0.5, 0.6) is 0 Å². The van der Waals surface area contributed by atoms with E-state index in [0.717, 1.165) is 34.6 Å². The molecule has 0 aliphatic rings. The van der Waals surface area contributed by atoms with Crippen LogP contribution >= 0.6 is 11.3 Å². The highest BCUT2D eigenvalue weighted by Gasteiger charge is 2.04. The molecule has 19 heavy (non-hydrogen) atoms. The summed E-state index contributed by atoms with van der Waals surface area (Å²) >= 11 is 1.63. The molecule has 0 saturated carbocycles. The predicted molar refractivity (Wildman–Crippen MR) is 76.0 cm³/mol. The second kappa shape index (κ2) is 5.32. The Bertz CT molecular complexity index is 678. The Morgan fingerprint density at radius 1 is 1.11 bits per heavy atom. The van der Waals surface area contributed by atoms with Crippen molar-refractivity contribution in [2.75, 3.05) is 11.9 Å². The van der Waals surface area contributed by atoms with Gasteiger partial charge in [-0.25, -0.2) is 14.4 Å². The molecule has 0 saturated heterocycles. The van der Waals surface area contributed by atoms with Gasteiger partial charge in [-0.05, 0) is 35.6 Å². The summed E-state index contributed by atoms with van der Waals surface area (Å²) in [6.07, 6.45) is 2.40. The van der Waals surface area contributed by atoms with Crippen molar-refractivity contribution in [2.24, 2.45) is 0 Å². The van der Waals surface area contributed by atoms with Crippen molar-refractivity contribution in [2.45, 2.75) is 6.42 Å². The molecule has 5 heteroatoms. The van der Waals surface area contributed by atoms with E-state index in [9.17, 15) is 4.39 Å². The first kappa shape index (κ1) is 12.0. The minimum atomic E-state index is -0.201. The summed E-state index contributed by atoms with van der Waals surface area (Å²) in [4.78, 5) is 8.45. The van der Waals surface area contributed by atoms with E-state index in [0.29, 0.717) is 0 Å².